The molecular weight excluding hydrogens is 216 g/mol. The Bertz CT molecular complexity index is 489. The number of nitrogens with two attached hydrogens (primary N) is 1. The third-order valence-electron chi connectivity index (χ3n) is 1.60. The van der Waals surface area contributed by atoms with E-state index in [1.807, 2.05) is 0 Å². The van der Waals surface area contributed by atoms with E-state index in [0.29, 0.717) is 16.0 Å². The summed E-state index contributed by atoms with van der Waals surface area (Å²) in [6, 6.07) is 0. The highest BCUT2D eigenvalue weighted by Crippen LogP contribution is 2.16. The monoisotopic (exact) mass is 224 g/mol. The smallest absolute Gasteiger partial charge is 0.277 e. The zero-order chi connectivity index (χ0) is 10.8. The van der Waals surface area contributed by atoms with E-state index in [2.05, 4.69) is 20.5 Å². The molecule has 0 aromatic carbocycles. The molecule has 0 saturated heterocycles. The molecule has 78 valence electrons. The summed E-state index contributed by atoms with van der Waals surface area (Å²) in [5, 5.41) is 10.5. The van der Waals surface area contributed by atoms with Crippen LogP contribution in [0, 0.1) is 0 Å². The van der Waals surface area contributed by atoms with Gasteiger partial charge in [0.05, 0.1) is 6.33 Å². The predicted molar refractivity (Wildman–Crippen MR) is 55.5 cm³/mol. The number of aromatic nitrogens is 4. The highest BCUT2D eigenvalue weighted by molar-refractivity contribution is 7.19. The fourth-order valence-electron chi connectivity index (χ4n) is 0.976. The van der Waals surface area contributed by atoms with Crippen molar-refractivity contribution in [3.05, 3.63) is 18.2 Å². The number of carbonyl (C=O) groups is 1. The lowest BCUT2D eigenvalue weighted by molar-refractivity contribution is 0.102. The molecule has 0 spiro atoms. The van der Waals surface area contributed by atoms with E-state index in [4.69, 9.17) is 5.73 Å². The van der Waals surface area contributed by atoms with E-state index < -0.39 is 0 Å². The fraction of sp³-hybridized carbons (Fsp3) is 0.143. The Labute approximate surface area is 89.0 Å². The lowest BCUT2D eigenvalue weighted by atomic mass is 10.4. The number of rotatable bonds is 2. The molecule has 8 heteroatoms. The first-order valence-electron chi connectivity index (χ1n) is 4.03. The first-order valence-corrected chi connectivity index (χ1v) is 4.85. The van der Waals surface area contributed by atoms with Gasteiger partial charge in [-0.15, -0.1) is 10.2 Å². The Hall–Kier alpha value is -1.96. The van der Waals surface area contributed by atoms with Crippen LogP contribution in [-0.2, 0) is 7.05 Å². The molecule has 3 N–H and O–H groups in total. The first kappa shape index (κ1) is 9.59. The number of aryl methyl sites for hydroxylation is 1. The molecule has 0 unspecified atom stereocenters. The zero-order valence-electron chi connectivity index (χ0n) is 7.84. The van der Waals surface area contributed by atoms with Gasteiger partial charge in [-0.3, -0.25) is 10.1 Å². The largest absolute Gasteiger partial charge is 0.374 e. The molecule has 0 bridgehead atoms. The van der Waals surface area contributed by atoms with Gasteiger partial charge >= 0.3 is 0 Å². The van der Waals surface area contributed by atoms with E-state index >= 15 is 0 Å². The molecule has 1 amide bonds. The number of imidazole rings is 1. The Balaban J connectivity index is 2.10. The molecule has 7 nitrogen and oxygen atoms in total. The summed E-state index contributed by atoms with van der Waals surface area (Å²) in [4.78, 5) is 15.4. The van der Waals surface area contributed by atoms with E-state index in [9.17, 15) is 4.79 Å². The number of carbonyl (C=O) groups excluding carboxylic acids is 1. The fourth-order valence-corrected chi connectivity index (χ4v) is 1.48. The van der Waals surface area contributed by atoms with Gasteiger partial charge in [0.2, 0.25) is 10.3 Å². The molecule has 15 heavy (non-hydrogen) atoms. The molecule has 2 rings (SSSR count). The van der Waals surface area contributed by atoms with Crippen LogP contribution in [0.15, 0.2) is 12.5 Å². The van der Waals surface area contributed by atoms with E-state index in [0.717, 1.165) is 11.3 Å². The second-order valence-electron chi connectivity index (χ2n) is 2.82. The van der Waals surface area contributed by atoms with Gasteiger partial charge in [0.25, 0.3) is 5.91 Å². The van der Waals surface area contributed by atoms with Gasteiger partial charge in [0.1, 0.15) is 5.69 Å². The number of anilines is 2. The Morgan fingerprint density at radius 2 is 2.40 bits per heavy atom. The minimum atomic E-state index is -0.327. The molecule has 0 saturated carbocycles. The van der Waals surface area contributed by atoms with Crippen LogP contribution in [0.1, 0.15) is 10.5 Å². The number of nitrogens with one attached hydrogen (secondary N) is 1. The number of hydrogen-bond acceptors (Lipinski definition) is 6. The standard InChI is InChI=1S/C7H8N6OS/c1-13-2-4(9-3-13)5(14)10-7-12-11-6(8)15-7/h2-3H,1H3,(H2,8,11)(H,10,12,14). The summed E-state index contributed by atoms with van der Waals surface area (Å²) in [5.41, 5.74) is 5.70. The summed E-state index contributed by atoms with van der Waals surface area (Å²) in [7, 11) is 1.78. The maximum Gasteiger partial charge on any atom is 0.277 e. The Morgan fingerprint density at radius 3 is 2.93 bits per heavy atom. The topological polar surface area (TPSA) is 98.7 Å². The van der Waals surface area contributed by atoms with E-state index in [-0.39, 0.29) is 5.91 Å². The van der Waals surface area contributed by atoms with Gasteiger partial charge in [0, 0.05) is 13.2 Å². The molecule has 2 aromatic rings. The molecule has 0 aliphatic rings. The van der Waals surface area contributed by atoms with Gasteiger partial charge in [-0.05, 0) is 0 Å². The highest BCUT2D eigenvalue weighted by Gasteiger charge is 2.11. The average Bonchev–Trinajstić information content (AvgIpc) is 2.75. The third-order valence-corrected chi connectivity index (χ3v) is 2.27. The normalized spacial score (nSPS) is 10.2. The second kappa shape index (κ2) is 3.65. The quantitative estimate of drug-likeness (QED) is 0.754. The van der Waals surface area contributed by atoms with Crippen LogP contribution in [-0.4, -0.2) is 25.7 Å². The summed E-state index contributed by atoms with van der Waals surface area (Å²) < 4.78 is 1.68. The number of amides is 1. The lowest BCUT2D eigenvalue weighted by Gasteiger charge is -1.95. The van der Waals surface area contributed by atoms with Gasteiger partial charge < -0.3 is 10.3 Å². The minimum Gasteiger partial charge on any atom is -0.374 e. The van der Waals surface area contributed by atoms with Crippen molar-refractivity contribution in [3.8, 4) is 0 Å². The maximum atomic E-state index is 11.5. The van der Waals surface area contributed by atoms with Crippen LogP contribution in [0.2, 0.25) is 0 Å². The van der Waals surface area contributed by atoms with E-state index in [1.54, 1.807) is 24.1 Å². The molecule has 2 heterocycles. The molecule has 0 aliphatic heterocycles. The zero-order valence-corrected chi connectivity index (χ0v) is 8.65. The van der Waals surface area contributed by atoms with Crippen LogP contribution in [0.25, 0.3) is 0 Å². The highest BCUT2D eigenvalue weighted by atomic mass is 32.1. The van der Waals surface area contributed by atoms with Gasteiger partial charge in [0.15, 0.2) is 0 Å². The van der Waals surface area contributed by atoms with Crippen molar-refractivity contribution in [1.82, 2.24) is 19.7 Å². The lowest BCUT2D eigenvalue weighted by Crippen LogP contribution is -2.12. The second-order valence-corrected chi connectivity index (χ2v) is 3.83. The van der Waals surface area contributed by atoms with E-state index in [1.165, 1.54) is 0 Å². The predicted octanol–water partition coefficient (Wildman–Crippen LogP) is 0.106. The van der Waals surface area contributed by atoms with Crippen molar-refractivity contribution < 1.29 is 4.79 Å². The van der Waals surface area contributed by atoms with Crippen LogP contribution < -0.4 is 11.1 Å². The first-order chi connectivity index (χ1) is 7.15. The Kier molecular flexibility index (Phi) is 2.34. The summed E-state index contributed by atoms with van der Waals surface area (Å²) >= 11 is 1.11. The molecule has 0 aliphatic carbocycles. The van der Waals surface area contributed by atoms with Crippen molar-refractivity contribution in [3.63, 3.8) is 0 Å². The van der Waals surface area contributed by atoms with Crippen molar-refractivity contribution in [2.24, 2.45) is 7.05 Å². The molecule has 0 atom stereocenters. The van der Waals surface area contributed by atoms with Gasteiger partial charge in [-0.1, -0.05) is 11.3 Å². The maximum absolute atomic E-state index is 11.5. The van der Waals surface area contributed by atoms with Crippen LogP contribution in [0.3, 0.4) is 0 Å². The van der Waals surface area contributed by atoms with Crippen LogP contribution in [0.5, 0.6) is 0 Å². The van der Waals surface area contributed by atoms with Crippen molar-refractivity contribution >= 4 is 27.5 Å². The van der Waals surface area contributed by atoms with Crippen molar-refractivity contribution in [2.45, 2.75) is 0 Å². The summed E-state index contributed by atoms with van der Waals surface area (Å²) in [5.74, 6) is -0.327. The van der Waals surface area contributed by atoms with Gasteiger partial charge in [-0.2, -0.15) is 0 Å². The SMILES string of the molecule is Cn1cnc(C(=O)Nc2nnc(N)s2)c1. The summed E-state index contributed by atoms with van der Waals surface area (Å²) in [6.07, 6.45) is 3.16. The molecular formula is C7H8N6OS. The average molecular weight is 224 g/mol. The Morgan fingerprint density at radius 1 is 1.60 bits per heavy atom. The molecule has 2 aromatic heterocycles. The minimum absolute atomic E-state index is 0.311. The van der Waals surface area contributed by atoms with Crippen LogP contribution in [0.4, 0.5) is 10.3 Å². The third kappa shape index (κ3) is 2.10. The van der Waals surface area contributed by atoms with Gasteiger partial charge in [-0.25, -0.2) is 4.98 Å². The number of nitrogens with zero attached hydrogens (tertiary/aromatic N) is 4. The van der Waals surface area contributed by atoms with Crippen molar-refractivity contribution in [2.75, 3.05) is 11.1 Å². The number of hydrogen-bond donors (Lipinski definition) is 2. The van der Waals surface area contributed by atoms with Crippen molar-refractivity contribution in [1.29, 1.82) is 0 Å². The number of nitrogen functional groups attached to an aromatic ring is 1. The molecule has 0 fully saturated rings. The van der Waals surface area contributed by atoms with Crippen LogP contribution >= 0.6 is 11.3 Å². The summed E-state index contributed by atoms with van der Waals surface area (Å²) in [6.45, 7) is 0. The molecule has 0 radical (unpaired) electrons.